The summed E-state index contributed by atoms with van der Waals surface area (Å²) in [5, 5.41) is 9.10. The molecular formula is C20H21NO4. The Morgan fingerprint density at radius 1 is 1.24 bits per heavy atom. The van der Waals surface area contributed by atoms with Crippen LogP contribution in [0.1, 0.15) is 44.9 Å². The van der Waals surface area contributed by atoms with Gasteiger partial charge in [0.05, 0.1) is 12.2 Å². The predicted octanol–water partition coefficient (Wildman–Crippen LogP) is 2.60. The molecule has 1 atom stereocenters. The largest absolute Gasteiger partial charge is 0.454 e. The molecule has 130 valence electrons. The van der Waals surface area contributed by atoms with Gasteiger partial charge in [0.1, 0.15) is 6.10 Å². The fourth-order valence-corrected chi connectivity index (χ4v) is 3.09. The van der Waals surface area contributed by atoms with Crippen molar-refractivity contribution in [1.29, 1.82) is 0 Å². The van der Waals surface area contributed by atoms with Crippen molar-refractivity contribution >= 4 is 11.9 Å². The zero-order chi connectivity index (χ0) is 17.8. The average molecular weight is 339 g/mol. The highest BCUT2D eigenvalue weighted by molar-refractivity contribution is 5.97. The van der Waals surface area contributed by atoms with Crippen molar-refractivity contribution in [2.75, 3.05) is 19.7 Å². The molecule has 0 saturated carbocycles. The third-order valence-electron chi connectivity index (χ3n) is 4.44. The first-order valence-corrected chi connectivity index (χ1v) is 8.43. The van der Waals surface area contributed by atoms with E-state index in [2.05, 4.69) is 0 Å². The van der Waals surface area contributed by atoms with Crippen LogP contribution in [0, 0.1) is 0 Å². The molecule has 3 rings (SSSR count). The molecule has 1 aliphatic heterocycles. The van der Waals surface area contributed by atoms with E-state index in [0.717, 1.165) is 11.1 Å². The van der Waals surface area contributed by atoms with Crippen LogP contribution in [0.15, 0.2) is 48.5 Å². The number of aliphatic hydroxyl groups excluding tert-OH is 1. The van der Waals surface area contributed by atoms with E-state index >= 15 is 0 Å². The average Bonchev–Trinajstić information content (AvgIpc) is 2.65. The Hall–Kier alpha value is -2.66. The number of aliphatic hydroxyl groups is 1. The Bertz CT molecular complexity index is 773. The van der Waals surface area contributed by atoms with Crippen LogP contribution < -0.4 is 0 Å². The van der Waals surface area contributed by atoms with E-state index in [1.54, 1.807) is 23.1 Å². The summed E-state index contributed by atoms with van der Waals surface area (Å²) in [4.78, 5) is 26.5. The Morgan fingerprint density at radius 3 is 2.68 bits per heavy atom. The highest BCUT2D eigenvalue weighted by atomic mass is 16.5. The third-order valence-corrected chi connectivity index (χ3v) is 4.44. The lowest BCUT2D eigenvalue weighted by atomic mass is 9.93. The summed E-state index contributed by atoms with van der Waals surface area (Å²) in [5.41, 5.74) is 2.79. The monoisotopic (exact) mass is 339 g/mol. The van der Waals surface area contributed by atoms with Gasteiger partial charge in [0.15, 0.2) is 0 Å². The molecule has 0 fully saturated rings. The Labute approximate surface area is 146 Å². The highest BCUT2D eigenvalue weighted by Gasteiger charge is 2.28. The second-order valence-electron chi connectivity index (χ2n) is 5.99. The number of hydrogen-bond donors (Lipinski definition) is 1. The summed E-state index contributed by atoms with van der Waals surface area (Å²) < 4.78 is 5.54. The molecule has 25 heavy (non-hydrogen) atoms. The molecule has 1 amide bonds. The second kappa shape index (κ2) is 7.49. The first-order valence-electron chi connectivity index (χ1n) is 8.43. The highest BCUT2D eigenvalue weighted by Crippen LogP contribution is 2.31. The number of hydrogen-bond acceptors (Lipinski definition) is 4. The number of esters is 1. The number of carbonyl (C=O) groups is 2. The van der Waals surface area contributed by atoms with Gasteiger partial charge in [-0.2, -0.15) is 0 Å². The maximum Gasteiger partial charge on any atom is 0.339 e. The minimum atomic E-state index is -0.364. The van der Waals surface area contributed by atoms with Gasteiger partial charge in [-0.3, -0.25) is 4.79 Å². The molecule has 5 heteroatoms. The fourth-order valence-electron chi connectivity index (χ4n) is 3.09. The van der Waals surface area contributed by atoms with E-state index in [9.17, 15) is 9.59 Å². The molecule has 0 radical (unpaired) electrons. The fraction of sp³-hybridized carbons (Fsp3) is 0.300. The number of nitrogens with zero attached hydrogens (tertiary/aromatic N) is 1. The van der Waals surface area contributed by atoms with Gasteiger partial charge < -0.3 is 14.7 Å². The van der Waals surface area contributed by atoms with Crippen molar-refractivity contribution in [1.82, 2.24) is 4.90 Å². The van der Waals surface area contributed by atoms with Crippen LogP contribution in [-0.4, -0.2) is 41.6 Å². The molecule has 0 aliphatic carbocycles. The second-order valence-corrected chi connectivity index (χ2v) is 5.99. The third kappa shape index (κ3) is 3.56. The quantitative estimate of drug-likeness (QED) is 0.850. The molecule has 0 saturated heterocycles. The Morgan fingerprint density at radius 2 is 2.00 bits per heavy atom. The number of fused-ring (bicyclic) bond motifs is 1. The predicted molar refractivity (Wildman–Crippen MR) is 93.4 cm³/mol. The normalized spacial score (nSPS) is 16.1. The van der Waals surface area contributed by atoms with Crippen LogP contribution in [0.25, 0.3) is 0 Å². The summed E-state index contributed by atoms with van der Waals surface area (Å²) in [7, 11) is 0. The molecule has 0 bridgehead atoms. The summed E-state index contributed by atoms with van der Waals surface area (Å²) >= 11 is 0. The van der Waals surface area contributed by atoms with E-state index in [1.165, 1.54) is 0 Å². The lowest BCUT2D eigenvalue weighted by molar-refractivity contribution is 0.0252. The smallest absolute Gasteiger partial charge is 0.339 e. The number of amides is 1. The van der Waals surface area contributed by atoms with Crippen LogP contribution in [0.2, 0.25) is 0 Å². The van der Waals surface area contributed by atoms with Gasteiger partial charge in [0.2, 0.25) is 0 Å². The molecular weight excluding hydrogens is 318 g/mol. The van der Waals surface area contributed by atoms with Crippen molar-refractivity contribution in [2.24, 2.45) is 0 Å². The maximum atomic E-state index is 12.6. The summed E-state index contributed by atoms with van der Waals surface area (Å²) in [6, 6.07) is 14.7. The van der Waals surface area contributed by atoms with Crippen molar-refractivity contribution in [2.45, 2.75) is 19.4 Å². The van der Waals surface area contributed by atoms with Crippen LogP contribution in [0.4, 0.5) is 0 Å². The number of ether oxygens (including phenoxy) is 1. The SMILES string of the molecule is CCN(CCO)C(=O)c1ccc2c(c1)CC(c1ccccc1)OC2=O. The lowest BCUT2D eigenvalue weighted by Gasteiger charge is -2.26. The molecule has 0 aromatic heterocycles. The molecule has 0 spiro atoms. The number of cyclic esters (lactones) is 1. The Kier molecular flexibility index (Phi) is 5.14. The lowest BCUT2D eigenvalue weighted by Crippen LogP contribution is -2.33. The van der Waals surface area contributed by atoms with E-state index in [4.69, 9.17) is 9.84 Å². The van der Waals surface area contributed by atoms with Crippen molar-refractivity contribution < 1.29 is 19.4 Å². The molecule has 1 aliphatic rings. The van der Waals surface area contributed by atoms with Crippen molar-refractivity contribution in [3.8, 4) is 0 Å². The first-order chi connectivity index (χ1) is 12.1. The molecule has 1 N–H and O–H groups in total. The van der Waals surface area contributed by atoms with Gasteiger partial charge in [0, 0.05) is 25.1 Å². The number of likely N-dealkylation sites (N-methyl/N-ethyl adjacent to an activating group) is 1. The summed E-state index contributed by atoms with van der Waals surface area (Å²) in [6.45, 7) is 2.61. The number of benzene rings is 2. The molecule has 1 unspecified atom stereocenters. The first kappa shape index (κ1) is 17.2. The van der Waals surface area contributed by atoms with Gasteiger partial charge in [-0.15, -0.1) is 0 Å². The molecule has 1 heterocycles. The zero-order valence-corrected chi connectivity index (χ0v) is 14.1. The number of rotatable bonds is 5. The van der Waals surface area contributed by atoms with Gasteiger partial charge >= 0.3 is 5.97 Å². The minimum Gasteiger partial charge on any atom is -0.454 e. The van der Waals surface area contributed by atoms with Crippen LogP contribution in [0.3, 0.4) is 0 Å². The van der Waals surface area contributed by atoms with Gasteiger partial charge in [-0.1, -0.05) is 30.3 Å². The van der Waals surface area contributed by atoms with E-state index in [0.29, 0.717) is 30.6 Å². The van der Waals surface area contributed by atoms with E-state index < -0.39 is 0 Å². The molecule has 5 nitrogen and oxygen atoms in total. The van der Waals surface area contributed by atoms with E-state index in [-0.39, 0.29) is 24.6 Å². The van der Waals surface area contributed by atoms with Crippen LogP contribution in [-0.2, 0) is 11.2 Å². The van der Waals surface area contributed by atoms with E-state index in [1.807, 2.05) is 37.3 Å². The summed E-state index contributed by atoms with van der Waals surface area (Å²) in [5.74, 6) is -0.508. The molecule has 2 aromatic carbocycles. The van der Waals surface area contributed by atoms with Crippen molar-refractivity contribution in [3.05, 3.63) is 70.8 Å². The van der Waals surface area contributed by atoms with Crippen LogP contribution in [0.5, 0.6) is 0 Å². The van der Waals surface area contributed by atoms with Gasteiger partial charge in [-0.05, 0) is 36.2 Å². The van der Waals surface area contributed by atoms with Gasteiger partial charge in [-0.25, -0.2) is 4.79 Å². The Balaban J connectivity index is 1.89. The standard InChI is InChI=1S/C20H21NO4/c1-2-21(10-11-22)19(23)15-8-9-17-16(12-15)13-18(25-20(17)24)14-6-4-3-5-7-14/h3-9,12,18,22H,2,10-11,13H2,1H3. The number of carbonyl (C=O) groups excluding carboxylic acids is 2. The maximum absolute atomic E-state index is 12.6. The van der Waals surface area contributed by atoms with Gasteiger partial charge in [0.25, 0.3) is 5.91 Å². The summed E-state index contributed by atoms with van der Waals surface area (Å²) in [6.07, 6.45) is 0.199. The minimum absolute atomic E-state index is 0.0765. The molecule has 2 aromatic rings. The topological polar surface area (TPSA) is 66.8 Å². The van der Waals surface area contributed by atoms with Crippen molar-refractivity contribution in [3.63, 3.8) is 0 Å². The zero-order valence-electron chi connectivity index (χ0n) is 14.1. The van der Waals surface area contributed by atoms with Crippen LogP contribution >= 0.6 is 0 Å².